The molecule has 2 aromatic carbocycles. The molecule has 0 aliphatic rings. The van der Waals surface area contributed by atoms with Gasteiger partial charge in [-0.15, -0.1) is 11.8 Å². The predicted octanol–water partition coefficient (Wildman–Crippen LogP) is 5.50. The zero-order chi connectivity index (χ0) is 19.6. The van der Waals surface area contributed by atoms with Crippen molar-refractivity contribution in [2.24, 2.45) is 0 Å². The summed E-state index contributed by atoms with van der Waals surface area (Å²) in [5.41, 5.74) is 1.01. The molecule has 0 aliphatic carbocycles. The lowest BCUT2D eigenvalue weighted by molar-refractivity contribution is -0.121. The van der Waals surface area contributed by atoms with E-state index in [9.17, 15) is 4.79 Å². The highest BCUT2D eigenvalue weighted by Gasteiger charge is 2.15. The predicted molar refractivity (Wildman–Crippen MR) is 112 cm³/mol. The van der Waals surface area contributed by atoms with Crippen LogP contribution in [0, 0.1) is 0 Å². The summed E-state index contributed by atoms with van der Waals surface area (Å²) in [7, 11) is 3.22. The van der Waals surface area contributed by atoms with Gasteiger partial charge in [0.05, 0.1) is 20.3 Å². The fourth-order valence-electron chi connectivity index (χ4n) is 2.71. The van der Waals surface area contributed by atoms with E-state index in [1.807, 2.05) is 42.5 Å². The third-order valence-electron chi connectivity index (χ3n) is 4.18. The van der Waals surface area contributed by atoms with E-state index < -0.39 is 0 Å². The number of nitrogens with one attached hydrogen (secondary N) is 1. The Kier molecular flexibility index (Phi) is 8.82. The standard InChI is InChI=1S/C21H26ClNO3S/c1-4-18(15-7-12-19(25-2)20(14-15)26-3)23-21(24)6-5-13-27-17-10-8-16(22)9-11-17/h7-12,14,18H,4-6,13H2,1-3H3,(H,23,24)/t18-/m1/s1. The maximum atomic E-state index is 12.3. The number of methoxy groups -OCH3 is 2. The molecular weight excluding hydrogens is 382 g/mol. The summed E-state index contributed by atoms with van der Waals surface area (Å²) in [6.45, 7) is 2.05. The van der Waals surface area contributed by atoms with E-state index in [4.69, 9.17) is 21.1 Å². The second-order valence-corrected chi connectivity index (χ2v) is 7.65. The molecule has 2 rings (SSSR count). The van der Waals surface area contributed by atoms with Crippen LogP contribution in [0.5, 0.6) is 11.5 Å². The Morgan fingerprint density at radius 2 is 1.81 bits per heavy atom. The van der Waals surface area contributed by atoms with Crippen LogP contribution in [0.15, 0.2) is 47.4 Å². The van der Waals surface area contributed by atoms with Crippen LogP contribution in [-0.2, 0) is 4.79 Å². The van der Waals surface area contributed by atoms with Crippen LogP contribution in [0.2, 0.25) is 5.02 Å². The van der Waals surface area contributed by atoms with Crippen molar-refractivity contribution in [1.29, 1.82) is 0 Å². The molecule has 0 aromatic heterocycles. The van der Waals surface area contributed by atoms with Crippen LogP contribution in [0.25, 0.3) is 0 Å². The first-order valence-corrected chi connectivity index (χ1v) is 10.3. The molecule has 146 valence electrons. The fraction of sp³-hybridized carbons (Fsp3) is 0.381. The Morgan fingerprint density at radius 3 is 2.44 bits per heavy atom. The lowest BCUT2D eigenvalue weighted by Crippen LogP contribution is -2.28. The Bertz CT molecular complexity index is 737. The van der Waals surface area contributed by atoms with Crippen LogP contribution >= 0.6 is 23.4 Å². The number of amides is 1. The molecular formula is C21H26ClNO3S. The van der Waals surface area contributed by atoms with Gasteiger partial charge in [-0.05, 0) is 60.6 Å². The molecule has 4 nitrogen and oxygen atoms in total. The number of carbonyl (C=O) groups excluding carboxylic acids is 1. The molecule has 0 aliphatic heterocycles. The van der Waals surface area contributed by atoms with Crippen LogP contribution < -0.4 is 14.8 Å². The molecule has 1 amide bonds. The highest BCUT2D eigenvalue weighted by Crippen LogP contribution is 2.31. The van der Waals surface area contributed by atoms with Gasteiger partial charge in [0.15, 0.2) is 11.5 Å². The largest absolute Gasteiger partial charge is 0.493 e. The monoisotopic (exact) mass is 407 g/mol. The average Bonchev–Trinajstić information content (AvgIpc) is 2.70. The quantitative estimate of drug-likeness (QED) is 0.417. The number of hydrogen-bond donors (Lipinski definition) is 1. The van der Waals surface area contributed by atoms with Crippen molar-refractivity contribution < 1.29 is 14.3 Å². The van der Waals surface area contributed by atoms with Crippen LogP contribution in [0.3, 0.4) is 0 Å². The van der Waals surface area contributed by atoms with Gasteiger partial charge < -0.3 is 14.8 Å². The second-order valence-electron chi connectivity index (χ2n) is 6.05. The van der Waals surface area contributed by atoms with Gasteiger partial charge in [-0.3, -0.25) is 4.79 Å². The first kappa shape index (κ1) is 21.5. The molecule has 0 spiro atoms. The molecule has 1 N–H and O–H groups in total. The molecule has 0 unspecified atom stereocenters. The Balaban J connectivity index is 1.83. The van der Waals surface area contributed by atoms with Crippen molar-refractivity contribution in [2.45, 2.75) is 37.1 Å². The summed E-state index contributed by atoms with van der Waals surface area (Å²) < 4.78 is 10.6. The number of ether oxygens (including phenoxy) is 2. The van der Waals surface area contributed by atoms with Crippen molar-refractivity contribution in [2.75, 3.05) is 20.0 Å². The minimum Gasteiger partial charge on any atom is -0.493 e. The number of hydrogen-bond acceptors (Lipinski definition) is 4. The number of rotatable bonds is 10. The third-order valence-corrected chi connectivity index (χ3v) is 5.53. The van der Waals surface area contributed by atoms with Crippen molar-refractivity contribution in [3.8, 4) is 11.5 Å². The second kappa shape index (κ2) is 11.1. The van der Waals surface area contributed by atoms with Gasteiger partial charge in [0.1, 0.15) is 0 Å². The molecule has 2 aromatic rings. The molecule has 0 saturated carbocycles. The highest BCUT2D eigenvalue weighted by atomic mass is 35.5. The molecule has 0 bridgehead atoms. The average molecular weight is 408 g/mol. The maximum Gasteiger partial charge on any atom is 0.220 e. The van der Waals surface area contributed by atoms with E-state index in [1.54, 1.807) is 26.0 Å². The van der Waals surface area contributed by atoms with Crippen LogP contribution in [-0.4, -0.2) is 25.9 Å². The van der Waals surface area contributed by atoms with Crippen LogP contribution in [0.4, 0.5) is 0 Å². The van der Waals surface area contributed by atoms with E-state index in [-0.39, 0.29) is 11.9 Å². The summed E-state index contributed by atoms with van der Waals surface area (Å²) in [6.07, 6.45) is 2.13. The van der Waals surface area contributed by atoms with Gasteiger partial charge in [0.25, 0.3) is 0 Å². The molecule has 0 fully saturated rings. The molecule has 1 atom stereocenters. The van der Waals surface area contributed by atoms with Gasteiger partial charge in [0.2, 0.25) is 5.91 Å². The number of thioether (sulfide) groups is 1. The first-order valence-electron chi connectivity index (χ1n) is 8.97. The van der Waals surface area contributed by atoms with Gasteiger partial charge in [0, 0.05) is 16.3 Å². The van der Waals surface area contributed by atoms with E-state index in [1.165, 1.54) is 0 Å². The number of benzene rings is 2. The third kappa shape index (κ3) is 6.67. The van der Waals surface area contributed by atoms with E-state index in [0.29, 0.717) is 17.9 Å². The Hall–Kier alpha value is -1.85. The zero-order valence-electron chi connectivity index (χ0n) is 16.0. The van der Waals surface area contributed by atoms with Gasteiger partial charge in [-0.2, -0.15) is 0 Å². The first-order chi connectivity index (χ1) is 13.1. The molecule has 6 heteroatoms. The molecule has 0 heterocycles. The summed E-state index contributed by atoms with van der Waals surface area (Å²) in [4.78, 5) is 13.5. The van der Waals surface area contributed by atoms with Crippen molar-refractivity contribution in [1.82, 2.24) is 5.32 Å². The minimum absolute atomic E-state index is 0.0405. The summed E-state index contributed by atoms with van der Waals surface area (Å²) in [5.74, 6) is 2.31. The minimum atomic E-state index is -0.0405. The number of halogens is 1. The van der Waals surface area contributed by atoms with Gasteiger partial charge in [-0.1, -0.05) is 24.6 Å². The molecule has 0 saturated heterocycles. The number of carbonyl (C=O) groups is 1. The summed E-state index contributed by atoms with van der Waals surface area (Å²) >= 11 is 7.62. The van der Waals surface area contributed by atoms with E-state index in [0.717, 1.165) is 34.1 Å². The highest BCUT2D eigenvalue weighted by molar-refractivity contribution is 7.99. The normalized spacial score (nSPS) is 11.7. The smallest absolute Gasteiger partial charge is 0.220 e. The topological polar surface area (TPSA) is 47.6 Å². The maximum absolute atomic E-state index is 12.3. The van der Waals surface area contributed by atoms with Gasteiger partial charge in [-0.25, -0.2) is 0 Å². The SMILES string of the molecule is CC[C@@H](NC(=O)CCCSc1ccc(Cl)cc1)c1ccc(OC)c(OC)c1. The summed E-state index contributed by atoms with van der Waals surface area (Å²) in [5, 5.41) is 3.85. The Labute approximate surface area is 170 Å². The Morgan fingerprint density at radius 1 is 1.11 bits per heavy atom. The van der Waals surface area contributed by atoms with Gasteiger partial charge >= 0.3 is 0 Å². The fourth-order valence-corrected chi connectivity index (χ4v) is 3.69. The van der Waals surface area contributed by atoms with Crippen molar-refractivity contribution in [3.63, 3.8) is 0 Å². The van der Waals surface area contributed by atoms with E-state index in [2.05, 4.69) is 12.2 Å². The lowest BCUT2D eigenvalue weighted by Gasteiger charge is -2.19. The zero-order valence-corrected chi connectivity index (χ0v) is 17.5. The molecule has 0 radical (unpaired) electrons. The van der Waals surface area contributed by atoms with Crippen LogP contribution in [0.1, 0.15) is 37.8 Å². The van der Waals surface area contributed by atoms with E-state index >= 15 is 0 Å². The van der Waals surface area contributed by atoms with Crippen molar-refractivity contribution in [3.05, 3.63) is 53.1 Å². The summed E-state index contributed by atoms with van der Waals surface area (Å²) in [6, 6.07) is 13.5. The van der Waals surface area contributed by atoms with Crippen molar-refractivity contribution >= 4 is 29.3 Å². The molecule has 27 heavy (non-hydrogen) atoms. The lowest BCUT2D eigenvalue weighted by atomic mass is 10.0.